The first kappa shape index (κ1) is 18.4. The van der Waals surface area contributed by atoms with Gasteiger partial charge in [-0.2, -0.15) is 5.10 Å². The van der Waals surface area contributed by atoms with Crippen molar-refractivity contribution in [3.8, 4) is 17.1 Å². The van der Waals surface area contributed by atoms with Crippen molar-refractivity contribution in [2.75, 3.05) is 11.9 Å². The summed E-state index contributed by atoms with van der Waals surface area (Å²) >= 11 is 0. The quantitative estimate of drug-likeness (QED) is 0.520. The molecule has 0 saturated heterocycles. The molecule has 146 valence electrons. The standard InChI is InChI=1S/C20H19N7O2/c1-3-29-13-6-7-15-14(9-13)20(25-16-11-23-27(2)17(16)18(21)28)26-19(24-15)12-5-4-8-22-10-12/h4-11H,3H2,1-2H3,(H2,21,28)(H,24,25,26). The number of benzene rings is 1. The van der Waals surface area contributed by atoms with Crippen LogP contribution in [-0.4, -0.2) is 37.2 Å². The lowest BCUT2D eigenvalue weighted by Crippen LogP contribution is -2.17. The molecule has 0 fully saturated rings. The fourth-order valence-electron chi connectivity index (χ4n) is 3.03. The first-order valence-electron chi connectivity index (χ1n) is 9.00. The minimum atomic E-state index is -0.589. The molecule has 0 unspecified atom stereocenters. The predicted octanol–water partition coefficient (Wildman–Crippen LogP) is 2.67. The highest BCUT2D eigenvalue weighted by Gasteiger charge is 2.17. The van der Waals surface area contributed by atoms with E-state index in [9.17, 15) is 4.79 Å². The number of hydrogen-bond acceptors (Lipinski definition) is 7. The van der Waals surface area contributed by atoms with Crippen LogP contribution in [0.15, 0.2) is 48.9 Å². The van der Waals surface area contributed by atoms with Gasteiger partial charge in [0.15, 0.2) is 5.82 Å². The molecule has 3 heterocycles. The SMILES string of the molecule is CCOc1ccc2nc(-c3cccnc3)nc(Nc3cnn(C)c3C(N)=O)c2c1. The van der Waals surface area contributed by atoms with Crippen molar-refractivity contribution < 1.29 is 9.53 Å². The maximum Gasteiger partial charge on any atom is 0.269 e. The van der Waals surface area contributed by atoms with Crippen LogP contribution in [0.4, 0.5) is 11.5 Å². The van der Waals surface area contributed by atoms with Crippen LogP contribution >= 0.6 is 0 Å². The molecule has 0 aliphatic carbocycles. The topological polar surface area (TPSA) is 121 Å². The number of anilines is 2. The Labute approximate surface area is 166 Å². The van der Waals surface area contributed by atoms with Crippen LogP contribution in [0.1, 0.15) is 17.4 Å². The van der Waals surface area contributed by atoms with Crippen LogP contribution in [0, 0.1) is 0 Å². The molecule has 0 bridgehead atoms. The number of nitrogens with two attached hydrogens (primary N) is 1. The van der Waals surface area contributed by atoms with Gasteiger partial charge in [0, 0.05) is 30.4 Å². The Balaban J connectivity index is 1.89. The number of nitrogens with zero attached hydrogens (tertiary/aromatic N) is 5. The highest BCUT2D eigenvalue weighted by molar-refractivity contribution is 5.99. The first-order chi connectivity index (χ1) is 14.1. The number of ether oxygens (including phenoxy) is 1. The molecule has 4 rings (SSSR count). The van der Waals surface area contributed by atoms with E-state index in [1.807, 2.05) is 37.3 Å². The lowest BCUT2D eigenvalue weighted by Gasteiger charge is -2.12. The van der Waals surface area contributed by atoms with Crippen molar-refractivity contribution >= 4 is 28.3 Å². The van der Waals surface area contributed by atoms with Gasteiger partial charge in [0.1, 0.15) is 17.3 Å². The second-order valence-electron chi connectivity index (χ2n) is 6.27. The second kappa shape index (κ2) is 7.55. The molecule has 9 nitrogen and oxygen atoms in total. The normalized spacial score (nSPS) is 10.8. The highest BCUT2D eigenvalue weighted by Crippen LogP contribution is 2.30. The molecule has 0 aliphatic heterocycles. The van der Waals surface area contributed by atoms with E-state index in [1.54, 1.807) is 19.4 Å². The Morgan fingerprint density at radius 1 is 1.24 bits per heavy atom. The van der Waals surface area contributed by atoms with Gasteiger partial charge in [-0.15, -0.1) is 0 Å². The number of carbonyl (C=O) groups is 1. The van der Waals surface area contributed by atoms with Crippen LogP contribution in [0.3, 0.4) is 0 Å². The number of amides is 1. The van der Waals surface area contributed by atoms with E-state index in [4.69, 9.17) is 10.5 Å². The van der Waals surface area contributed by atoms with Crippen LogP contribution in [-0.2, 0) is 7.05 Å². The zero-order valence-electron chi connectivity index (χ0n) is 16.0. The number of aromatic nitrogens is 5. The van der Waals surface area contributed by atoms with Crippen LogP contribution in [0.2, 0.25) is 0 Å². The largest absolute Gasteiger partial charge is 0.494 e. The monoisotopic (exact) mass is 389 g/mol. The number of rotatable bonds is 6. The molecule has 1 amide bonds. The molecule has 1 aromatic carbocycles. The van der Waals surface area contributed by atoms with Gasteiger partial charge in [-0.1, -0.05) is 0 Å². The zero-order valence-corrected chi connectivity index (χ0v) is 16.0. The van der Waals surface area contributed by atoms with E-state index in [0.717, 1.165) is 10.9 Å². The second-order valence-corrected chi connectivity index (χ2v) is 6.27. The molecule has 0 atom stereocenters. The van der Waals surface area contributed by atoms with Gasteiger partial charge in [-0.05, 0) is 37.3 Å². The van der Waals surface area contributed by atoms with E-state index < -0.39 is 5.91 Å². The molecule has 4 aromatic rings. The number of nitrogens with one attached hydrogen (secondary N) is 1. The molecule has 3 aromatic heterocycles. The average molecular weight is 389 g/mol. The molecule has 0 radical (unpaired) electrons. The van der Waals surface area contributed by atoms with Gasteiger partial charge in [0.05, 0.1) is 24.0 Å². The maximum absolute atomic E-state index is 11.8. The number of hydrogen-bond donors (Lipinski definition) is 2. The van der Waals surface area contributed by atoms with Crippen molar-refractivity contribution in [1.82, 2.24) is 24.7 Å². The Bertz CT molecular complexity index is 1190. The molecular weight excluding hydrogens is 370 g/mol. The van der Waals surface area contributed by atoms with Gasteiger partial charge >= 0.3 is 0 Å². The van der Waals surface area contributed by atoms with Gasteiger partial charge in [0.25, 0.3) is 5.91 Å². The maximum atomic E-state index is 11.8. The van der Waals surface area contributed by atoms with Crippen LogP contribution < -0.4 is 15.8 Å². The molecule has 29 heavy (non-hydrogen) atoms. The van der Waals surface area contributed by atoms with Crippen molar-refractivity contribution in [3.63, 3.8) is 0 Å². The molecule has 0 saturated carbocycles. The van der Waals surface area contributed by atoms with Crippen LogP contribution in [0.5, 0.6) is 5.75 Å². The Kier molecular flexibility index (Phi) is 4.78. The minimum absolute atomic E-state index is 0.251. The van der Waals surface area contributed by atoms with Crippen molar-refractivity contribution in [3.05, 3.63) is 54.6 Å². The summed E-state index contributed by atoms with van der Waals surface area (Å²) in [6.07, 6.45) is 4.91. The molecule has 0 aliphatic rings. The molecule has 9 heteroatoms. The average Bonchev–Trinajstić information content (AvgIpc) is 3.09. The Hall–Kier alpha value is -4.01. The number of primary amides is 1. The predicted molar refractivity (Wildman–Crippen MR) is 109 cm³/mol. The molecule has 3 N–H and O–H groups in total. The van der Waals surface area contributed by atoms with Gasteiger partial charge in [-0.3, -0.25) is 14.5 Å². The number of carbonyl (C=O) groups excluding carboxylic acids is 1. The highest BCUT2D eigenvalue weighted by atomic mass is 16.5. The summed E-state index contributed by atoms with van der Waals surface area (Å²) in [6, 6.07) is 9.28. The van der Waals surface area contributed by atoms with Crippen molar-refractivity contribution in [2.24, 2.45) is 12.8 Å². The van der Waals surface area contributed by atoms with E-state index in [1.165, 1.54) is 10.9 Å². The van der Waals surface area contributed by atoms with Gasteiger partial charge in [0.2, 0.25) is 0 Å². The summed E-state index contributed by atoms with van der Waals surface area (Å²) < 4.78 is 7.03. The minimum Gasteiger partial charge on any atom is -0.494 e. The summed E-state index contributed by atoms with van der Waals surface area (Å²) in [5.41, 5.74) is 7.71. The van der Waals surface area contributed by atoms with E-state index >= 15 is 0 Å². The molecule has 0 spiro atoms. The van der Waals surface area contributed by atoms with E-state index in [2.05, 4.69) is 25.4 Å². The van der Waals surface area contributed by atoms with Gasteiger partial charge in [-0.25, -0.2) is 9.97 Å². The summed E-state index contributed by atoms with van der Waals surface area (Å²) in [4.78, 5) is 25.3. The van der Waals surface area contributed by atoms with Crippen LogP contribution in [0.25, 0.3) is 22.3 Å². The third-order valence-electron chi connectivity index (χ3n) is 4.32. The summed E-state index contributed by atoms with van der Waals surface area (Å²) in [7, 11) is 1.65. The first-order valence-corrected chi connectivity index (χ1v) is 9.00. The lowest BCUT2D eigenvalue weighted by molar-refractivity contribution is 0.0992. The number of fused-ring (bicyclic) bond motifs is 1. The van der Waals surface area contributed by atoms with Crippen molar-refractivity contribution in [1.29, 1.82) is 0 Å². The van der Waals surface area contributed by atoms with Crippen molar-refractivity contribution in [2.45, 2.75) is 6.92 Å². The van der Waals surface area contributed by atoms with Gasteiger partial charge < -0.3 is 15.8 Å². The number of aryl methyl sites for hydroxylation is 1. The van der Waals surface area contributed by atoms with E-state index in [-0.39, 0.29) is 5.69 Å². The Morgan fingerprint density at radius 3 is 2.83 bits per heavy atom. The van der Waals surface area contributed by atoms with E-state index in [0.29, 0.717) is 35.2 Å². The fraction of sp³-hybridized carbons (Fsp3) is 0.150. The smallest absolute Gasteiger partial charge is 0.269 e. The number of pyridine rings is 1. The summed E-state index contributed by atoms with van der Waals surface area (Å²) in [5, 5.41) is 8.04. The zero-order chi connectivity index (χ0) is 20.4. The molecular formula is C20H19N7O2. The lowest BCUT2D eigenvalue weighted by atomic mass is 10.2. The summed E-state index contributed by atoms with van der Waals surface area (Å²) in [5.74, 6) is 1.11. The summed E-state index contributed by atoms with van der Waals surface area (Å²) in [6.45, 7) is 2.46. The Morgan fingerprint density at radius 2 is 2.10 bits per heavy atom. The fourth-order valence-corrected chi connectivity index (χ4v) is 3.03. The third kappa shape index (κ3) is 3.57. The third-order valence-corrected chi connectivity index (χ3v) is 4.32.